The van der Waals surface area contributed by atoms with Gasteiger partial charge in [0.25, 0.3) is 0 Å². The van der Waals surface area contributed by atoms with Gasteiger partial charge in [-0.25, -0.2) is 13.6 Å². The number of benzene rings is 1. The minimum atomic E-state index is -1.30. The van der Waals surface area contributed by atoms with Gasteiger partial charge in [0.05, 0.1) is 18.7 Å². The van der Waals surface area contributed by atoms with Crippen LogP contribution in [0.2, 0.25) is 0 Å². The first-order chi connectivity index (χ1) is 10.6. The van der Waals surface area contributed by atoms with Crippen molar-refractivity contribution >= 4 is 6.09 Å². The first-order valence-corrected chi connectivity index (χ1v) is 7.00. The molecule has 1 aromatic carbocycles. The van der Waals surface area contributed by atoms with Crippen LogP contribution in [-0.4, -0.2) is 43.5 Å². The number of cyclic esters (lactones) is 1. The van der Waals surface area contributed by atoms with Crippen LogP contribution in [0.5, 0.6) is 0 Å². The highest BCUT2D eigenvalue weighted by atomic mass is 19.1. The smallest absolute Gasteiger partial charge is 0.407 e. The Morgan fingerprint density at radius 1 is 1.27 bits per heavy atom. The van der Waals surface area contributed by atoms with Gasteiger partial charge in [-0.15, -0.1) is 0 Å². The fourth-order valence-electron chi connectivity index (χ4n) is 2.63. The van der Waals surface area contributed by atoms with Crippen LogP contribution in [-0.2, 0) is 9.47 Å². The average Bonchev–Trinajstić information content (AvgIpc) is 2.93. The lowest BCUT2D eigenvalue weighted by atomic mass is 9.99. The second-order valence-corrected chi connectivity index (χ2v) is 5.23. The van der Waals surface area contributed by atoms with Crippen molar-refractivity contribution in [1.29, 1.82) is 0 Å². The van der Waals surface area contributed by atoms with Crippen molar-refractivity contribution in [2.75, 3.05) is 26.2 Å². The minimum absolute atomic E-state index is 0.0176. The normalized spacial score (nSPS) is 26.4. The SMILES string of the molecule is O=C1NCC(C(O)c2cc(F)c(C3CNCCO3)c(F)c2)O1. The van der Waals surface area contributed by atoms with Crippen LogP contribution in [0, 0.1) is 11.6 Å². The van der Waals surface area contributed by atoms with Crippen molar-refractivity contribution in [1.82, 2.24) is 10.6 Å². The van der Waals surface area contributed by atoms with Crippen LogP contribution in [0.3, 0.4) is 0 Å². The fraction of sp³-hybridized carbons (Fsp3) is 0.500. The minimum Gasteiger partial charge on any atom is -0.441 e. The predicted molar refractivity (Wildman–Crippen MR) is 71.2 cm³/mol. The van der Waals surface area contributed by atoms with E-state index in [-0.39, 0.29) is 17.7 Å². The third-order valence-corrected chi connectivity index (χ3v) is 3.75. The van der Waals surface area contributed by atoms with E-state index in [0.29, 0.717) is 19.7 Å². The molecule has 2 saturated heterocycles. The summed E-state index contributed by atoms with van der Waals surface area (Å²) < 4.78 is 38.7. The number of hydrogen-bond acceptors (Lipinski definition) is 5. The van der Waals surface area contributed by atoms with Crippen LogP contribution in [0.25, 0.3) is 0 Å². The molecule has 2 fully saturated rings. The van der Waals surface area contributed by atoms with Crippen LogP contribution >= 0.6 is 0 Å². The molecule has 2 heterocycles. The summed E-state index contributed by atoms with van der Waals surface area (Å²) in [5.41, 5.74) is -0.145. The molecule has 6 nitrogen and oxygen atoms in total. The third-order valence-electron chi connectivity index (χ3n) is 3.75. The number of morpholine rings is 1. The van der Waals surface area contributed by atoms with E-state index in [1.807, 2.05) is 0 Å². The number of nitrogens with one attached hydrogen (secondary N) is 2. The first-order valence-electron chi connectivity index (χ1n) is 7.00. The molecule has 1 amide bonds. The molecule has 0 bridgehead atoms. The van der Waals surface area contributed by atoms with Crippen molar-refractivity contribution in [2.24, 2.45) is 0 Å². The molecule has 22 heavy (non-hydrogen) atoms. The molecule has 0 aromatic heterocycles. The van der Waals surface area contributed by atoms with E-state index in [1.54, 1.807) is 0 Å². The summed E-state index contributed by atoms with van der Waals surface area (Å²) >= 11 is 0. The Balaban J connectivity index is 1.83. The maximum absolute atomic E-state index is 14.2. The predicted octanol–water partition coefficient (Wildman–Crippen LogP) is 0.767. The van der Waals surface area contributed by atoms with Gasteiger partial charge in [-0.05, 0) is 17.7 Å². The lowest BCUT2D eigenvalue weighted by molar-refractivity contribution is 0.0222. The summed E-state index contributed by atoms with van der Waals surface area (Å²) in [6, 6.07) is 2.10. The largest absolute Gasteiger partial charge is 0.441 e. The molecular formula is C14H16F2N2O4. The average molecular weight is 314 g/mol. The van der Waals surface area contributed by atoms with Crippen LogP contribution in [0.1, 0.15) is 23.3 Å². The molecule has 3 N–H and O–H groups in total. The molecule has 3 rings (SSSR count). The Labute approximate surface area is 125 Å². The van der Waals surface area contributed by atoms with Crippen LogP contribution < -0.4 is 10.6 Å². The number of alkyl carbamates (subject to hydrolysis) is 1. The Kier molecular flexibility index (Phi) is 4.23. The molecule has 3 atom stereocenters. The topological polar surface area (TPSA) is 79.8 Å². The standard InChI is InChI=1S/C14H16F2N2O4/c15-8-3-7(13(19)11-6-18-14(20)22-11)4-9(16)12(8)10-5-17-1-2-21-10/h3-4,10-11,13,17,19H,1-2,5-6H2,(H,18,20). The second-order valence-electron chi connectivity index (χ2n) is 5.23. The van der Waals surface area contributed by atoms with Crippen molar-refractivity contribution < 1.29 is 28.2 Å². The summed E-state index contributed by atoms with van der Waals surface area (Å²) in [5, 5.41) is 15.5. The molecule has 1 aromatic rings. The summed E-state index contributed by atoms with van der Waals surface area (Å²) in [6.07, 6.45) is -3.54. The number of aliphatic hydroxyl groups excluding tert-OH is 1. The number of hydrogen-bond donors (Lipinski definition) is 3. The molecule has 2 aliphatic rings. The van der Waals surface area contributed by atoms with Crippen molar-refractivity contribution in [2.45, 2.75) is 18.3 Å². The zero-order chi connectivity index (χ0) is 15.7. The molecule has 3 unspecified atom stereocenters. The van der Waals surface area contributed by atoms with Crippen molar-refractivity contribution in [3.05, 3.63) is 34.9 Å². The maximum atomic E-state index is 14.2. The van der Waals surface area contributed by atoms with Gasteiger partial charge in [-0.1, -0.05) is 0 Å². The van der Waals surface area contributed by atoms with E-state index in [0.717, 1.165) is 12.1 Å². The highest BCUT2D eigenvalue weighted by Crippen LogP contribution is 2.30. The molecular weight excluding hydrogens is 298 g/mol. The van der Waals surface area contributed by atoms with E-state index >= 15 is 0 Å². The molecule has 0 aliphatic carbocycles. The Bertz CT molecular complexity index is 555. The summed E-state index contributed by atoms with van der Waals surface area (Å²) in [6.45, 7) is 1.41. The molecule has 120 valence electrons. The van der Waals surface area contributed by atoms with Crippen molar-refractivity contribution in [3.63, 3.8) is 0 Å². The van der Waals surface area contributed by atoms with Crippen LogP contribution in [0.4, 0.5) is 13.6 Å². The lowest BCUT2D eigenvalue weighted by Crippen LogP contribution is -2.34. The first kappa shape index (κ1) is 15.1. The number of rotatable bonds is 3. The van der Waals surface area contributed by atoms with Crippen molar-refractivity contribution in [3.8, 4) is 0 Å². The summed E-state index contributed by atoms with van der Waals surface area (Å²) in [5.74, 6) is -1.58. The number of ether oxygens (including phenoxy) is 2. The lowest BCUT2D eigenvalue weighted by Gasteiger charge is -2.25. The van der Waals surface area contributed by atoms with Gasteiger partial charge in [0, 0.05) is 13.1 Å². The highest BCUT2D eigenvalue weighted by molar-refractivity contribution is 5.69. The van der Waals surface area contributed by atoms with E-state index in [2.05, 4.69) is 10.6 Å². The third kappa shape index (κ3) is 2.90. The number of halogens is 2. The molecule has 2 aliphatic heterocycles. The molecule has 8 heteroatoms. The molecule has 0 saturated carbocycles. The molecule has 0 spiro atoms. The second kappa shape index (κ2) is 6.15. The maximum Gasteiger partial charge on any atom is 0.407 e. The van der Waals surface area contributed by atoms with Gasteiger partial charge >= 0.3 is 6.09 Å². The van der Waals surface area contributed by atoms with E-state index < -0.39 is 36.0 Å². The number of carbonyl (C=O) groups excluding carboxylic acids is 1. The number of amides is 1. The van der Waals surface area contributed by atoms with Gasteiger partial charge in [0.15, 0.2) is 6.10 Å². The monoisotopic (exact) mass is 314 g/mol. The van der Waals surface area contributed by atoms with Gasteiger partial charge in [0.2, 0.25) is 0 Å². The number of carbonyl (C=O) groups is 1. The summed E-state index contributed by atoms with van der Waals surface area (Å²) in [7, 11) is 0. The van der Waals surface area contributed by atoms with Gasteiger partial charge in [-0.3, -0.25) is 0 Å². The zero-order valence-electron chi connectivity index (χ0n) is 11.6. The number of aliphatic hydroxyl groups is 1. The van der Waals surface area contributed by atoms with Gasteiger partial charge < -0.3 is 25.2 Å². The quantitative estimate of drug-likeness (QED) is 0.768. The van der Waals surface area contributed by atoms with E-state index in [4.69, 9.17) is 9.47 Å². The molecule has 0 radical (unpaired) electrons. The van der Waals surface area contributed by atoms with E-state index in [1.165, 1.54) is 0 Å². The highest BCUT2D eigenvalue weighted by Gasteiger charge is 2.32. The zero-order valence-corrected chi connectivity index (χ0v) is 11.6. The Morgan fingerprint density at radius 3 is 2.55 bits per heavy atom. The summed E-state index contributed by atoms with van der Waals surface area (Å²) in [4.78, 5) is 11.0. The Morgan fingerprint density at radius 2 is 2.00 bits per heavy atom. The van der Waals surface area contributed by atoms with E-state index in [9.17, 15) is 18.7 Å². The van der Waals surface area contributed by atoms with Gasteiger partial charge in [-0.2, -0.15) is 0 Å². The van der Waals surface area contributed by atoms with Gasteiger partial charge in [0.1, 0.15) is 23.8 Å². The van der Waals surface area contributed by atoms with Crippen LogP contribution in [0.15, 0.2) is 12.1 Å². The Hall–Kier alpha value is -1.77. The fourth-order valence-corrected chi connectivity index (χ4v) is 2.63.